The van der Waals surface area contributed by atoms with Gasteiger partial charge in [0.05, 0.1) is 11.1 Å². The quantitative estimate of drug-likeness (QED) is 0.774. The average molecular weight is 287 g/mol. The summed E-state index contributed by atoms with van der Waals surface area (Å²) in [4.78, 5) is 18.7. The molecule has 0 aliphatic rings. The minimum absolute atomic E-state index is 0.205. The molecule has 0 amide bonds. The summed E-state index contributed by atoms with van der Waals surface area (Å²) in [5.74, 6) is -0.257. The fourth-order valence-electron chi connectivity index (χ4n) is 2.18. The van der Waals surface area contributed by atoms with Gasteiger partial charge in [-0.1, -0.05) is 29.8 Å². The number of H-pyrrole nitrogens is 1. The van der Waals surface area contributed by atoms with Crippen LogP contribution < -0.4 is 0 Å². The predicted molar refractivity (Wildman–Crippen MR) is 77.3 cm³/mol. The lowest BCUT2D eigenvalue weighted by Gasteiger charge is -1.98. The second kappa shape index (κ2) is 4.98. The van der Waals surface area contributed by atoms with E-state index in [1.54, 1.807) is 12.1 Å². The second-order valence-electron chi connectivity index (χ2n) is 4.50. The number of aromatic amines is 1. The van der Waals surface area contributed by atoms with Gasteiger partial charge in [0.2, 0.25) is 0 Å². The molecule has 0 unspecified atom stereocenters. The van der Waals surface area contributed by atoms with Crippen LogP contribution >= 0.6 is 11.6 Å². The largest absolute Gasteiger partial charge is 0.478 e. The molecule has 0 saturated heterocycles. The molecule has 0 aliphatic carbocycles. The summed E-state index contributed by atoms with van der Waals surface area (Å²) >= 11 is 5.95. The zero-order valence-electron chi connectivity index (χ0n) is 10.4. The number of hydrogen-bond donors (Lipinski definition) is 2. The monoisotopic (exact) mass is 286 g/mol. The van der Waals surface area contributed by atoms with Gasteiger partial charge in [0.25, 0.3) is 0 Å². The van der Waals surface area contributed by atoms with Crippen molar-refractivity contribution in [3.8, 4) is 0 Å². The summed E-state index contributed by atoms with van der Waals surface area (Å²) in [6.07, 6.45) is 0.578. The number of benzene rings is 2. The number of aromatic carboxylic acids is 1. The highest BCUT2D eigenvalue weighted by molar-refractivity contribution is 6.30. The third-order valence-electron chi connectivity index (χ3n) is 3.05. The normalized spacial score (nSPS) is 10.8. The maximum atomic E-state index is 11.2. The van der Waals surface area contributed by atoms with E-state index in [4.69, 9.17) is 16.7 Å². The van der Waals surface area contributed by atoms with E-state index >= 15 is 0 Å². The number of carbonyl (C=O) groups is 1. The van der Waals surface area contributed by atoms with Crippen molar-refractivity contribution in [2.45, 2.75) is 6.42 Å². The van der Waals surface area contributed by atoms with Crippen LogP contribution in [0.15, 0.2) is 42.5 Å². The van der Waals surface area contributed by atoms with Crippen LogP contribution in [0, 0.1) is 0 Å². The molecule has 0 spiro atoms. The van der Waals surface area contributed by atoms with Gasteiger partial charge in [0.1, 0.15) is 11.3 Å². The van der Waals surface area contributed by atoms with Gasteiger partial charge in [-0.05, 0) is 29.8 Å². The first-order chi connectivity index (χ1) is 9.63. The molecule has 2 aromatic carbocycles. The Kier molecular flexibility index (Phi) is 3.16. The lowest BCUT2D eigenvalue weighted by atomic mass is 10.1. The number of nitrogens with one attached hydrogen (secondary N) is 1. The van der Waals surface area contributed by atoms with E-state index in [0.717, 1.165) is 16.9 Å². The molecule has 0 radical (unpaired) electrons. The number of carboxylic acids is 1. The van der Waals surface area contributed by atoms with Gasteiger partial charge in [0, 0.05) is 11.4 Å². The van der Waals surface area contributed by atoms with Crippen molar-refractivity contribution in [3.05, 3.63) is 64.4 Å². The number of fused-ring (bicyclic) bond motifs is 1. The number of rotatable bonds is 3. The number of nitrogens with zero attached hydrogens (tertiary/aromatic N) is 1. The Morgan fingerprint density at radius 2 is 2.05 bits per heavy atom. The number of halogens is 1. The number of carboxylic acid groups (broad SMARTS) is 1. The molecular weight excluding hydrogens is 276 g/mol. The smallest absolute Gasteiger partial charge is 0.337 e. The molecule has 4 nitrogen and oxygen atoms in total. The van der Waals surface area contributed by atoms with E-state index in [2.05, 4.69) is 9.97 Å². The molecule has 0 bridgehead atoms. The van der Waals surface area contributed by atoms with E-state index in [-0.39, 0.29) is 5.56 Å². The molecule has 2 N–H and O–H groups in total. The Morgan fingerprint density at radius 3 is 2.80 bits per heavy atom. The Hall–Kier alpha value is -2.33. The Bertz CT molecular complexity index is 795. The molecule has 3 aromatic rings. The van der Waals surface area contributed by atoms with Crippen LogP contribution in [0.25, 0.3) is 11.0 Å². The first-order valence-corrected chi connectivity index (χ1v) is 6.46. The van der Waals surface area contributed by atoms with Crippen molar-refractivity contribution in [1.29, 1.82) is 0 Å². The number of imidazole rings is 1. The fraction of sp³-hybridized carbons (Fsp3) is 0.0667. The lowest BCUT2D eigenvalue weighted by Crippen LogP contribution is -1.97. The Labute approximate surface area is 120 Å². The van der Waals surface area contributed by atoms with Crippen LogP contribution in [0.5, 0.6) is 0 Å². The van der Waals surface area contributed by atoms with Gasteiger partial charge < -0.3 is 10.1 Å². The zero-order chi connectivity index (χ0) is 14.1. The average Bonchev–Trinajstić information content (AvgIpc) is 2.80. The Morgan fingerprint density at radius 1 is 1.25 bits per heavy atom. The molecule has 5 heteroatoms. The van der Waals surface area contributed by atoms with Gasteiger partial charge in [0.15, 0.2) is 0 Å². The third-order valence-corrected chi connectivity index (χ3v) is 3.29. The highest BCUT2D eigenvalue weighted by Gasteiger charge is 2.12. The fourth-order valence-corrected chi connectivity index (χ4v) is 2.39. The molecule has 0 saturated carbocycles. The number of aromatic nitrogens is 2. The van der Waals surface area contributed by atoms with Gasteiger partial charge in [-0.3, -0.25) is 0 Å². The Balaban J connectivity index is 2.01. The van der Waals surface area contributed by atoms with Crippen LogP contribution in [0.1, 0.15) is 21.7 Å². The summed E-state index contributed by atoms with van der Waals surface area (Å²) in [7, 11) is 0. The number of para-hydroxylation sites is 1. The predicted octanol–water partition coefficient (Wildman–Crippen LogP) is 3.51. The molecule has 20 heavy (non-hydrogen) atoms. The summed E-state index contributed by atoms with van der Waals surface area (Å²) < 4.78 is 0. The first kappa shape index (κ1) is 12.7. The highest BCUT2D eigenvalue weighted by Crippen LogP contribution is 2.19. The van der Waals surface area contributed by atoms with Crippen molar-refractivity contribution >= 4 is 28.6 Å². The molecule has 3 rings (SSSR count). The van der Waals surface area contributed by atoms with Crippen molar-refractivity contribution in [2.75, 3.05) is 0 Å². The lowest BCUT2D eigenvalue weighted by molar-refractivity contribution is 0.0699. The van der Waals surface area contributed by atoms with Crippen molar-refractivity contribution in [3.63, 3.8) is 0 Å². The summed E-state index contributed by atoms with van der Waals surface area (Å²) in [5.41, 5.74) is 2.43. The standard InChI is InChI=1S/C15H11ClN2O2/c16-10-4-1-3-9(7-10)8-13-17-12-6-2-5-11(15(19)20)14(12)18-13/h1-7H,8H2,(H,17,18)(H,19,20). The van der Waals surface area contributed by atoms with Crippen LogP contribution in [0.2, 0.25) is 5.02 Å². The van der Waals surface area contributed by atoms with Crippen molar-refractivity contribution in [1.82, 2.24) is 9.97 Å². The molecule has 0 aliphatic heterocycles. The van der Waals surface area contributed by atoms with Crippen LogP contribution in [0.3, 0.4) is 0 Å². The van der Waals surface area contributed by atoms with E-state index in [1.807, 2.05) is 30.3 Å². The first-order valence-electron chi connectivity index (χ1n) is 6.09. The van der Waals surface area contributed by atoms with Crippen molar-refractivity contribution in [2.24, 2.45) is 0 Å². The van der Waals surface area contributed by atoms with E-state index < -0.39 is 5.97 Å². The molecule has 0 fully saturated rings. The minimum atomic E-state index is -0.976. The van der Waals surface area contributed by atoms with Crippen LogP contribution in [0.4, 0.5) is 0 Å². The van der Waals surface area contributed by atoms with Gasteiger partial charge in [-0.25, -0.2) is 9.78 Å². The third kappa shape index (κ3) is 2.38. The SMILES string of the molecule is O=C(O)c1cccc2[nH]c(Cc3cccc(Cl)c3)nc12. The van der Waals surface area contributed by atoms with E-state index in [1.165, 1.54) is 0 Å². The molecule has 1 aromatic heterocycles. The van der Waals surface area contributed by atoms with E-state index in [9.17, 15) is 4.79 Å². The highest BCUT2D eigenvalue weighted by atomic mass is 35.5. The summed E-state index contributed by atoms with van der Waals surface area (Å²) in [5, 5.41) is 9.82. The number of hydrogen-bond acceptors (Lipinski definition) is 2. The molecule has 0 atom stereocenters. The molecule has 1 heterocycles. The van der Waals surface area contributed by atoms with Crippen molar-refractivity contribution < 1.29 is 9.90 Å². The molecule has 100 valence electrons. The van der Waals surface area contributed by atoms with Gasteiger partial charge in [-0.2, -0.15) is 0 Å². The summed E-state index contributed by atoms with van der Waals surface area (Å²) in [6, 6.07) is 12.6. The topological polar surface area (TPSA) is 66.0 Å². The maximum absolute atomic E-state index is 11.2. The zero-order valence-corrected chi connectivity index (χ0v) is 11.2. The second-order valence-corrected chi connectivity index (χ2v) is 4.93. The van der Waals surface area contributed by atoms with Gasteiger partial charge in [-0.15, -0.1) is 0 Å². The minimum Gasteiger partial charge on any atom is -0.478 e. The van der Waals surface area contributed by atoms with Crippen LogP contribution in [-0.2, 0) is 6.42 Å². The maximum Gasteiger partial charge on any atom is 0.337 e. The van der Waals surface area contributed by atoms with Gasteiger partial charge >= 0.3 is 5.97 Å². The van der Waals surface area contributed by atoms with E-state index in [0.29, 0.717) is 17.0 Å². The molecular formula is C15H11ClN2O2. The van der Waals surface area contributed by atoms with Crippen LogP contribution in [-0.4, -0.2) is 21.0 Å². The summed E-state index contributed by atoms with van der Waals surface area (Å²) in [6.45, 7) is 0.